The molecule has 2 amide bonds. The summed E-state index contributed by atoms with van der Waals surface area (Å²) in [5.74, 6) is -0.399. The highest BCUT2D eigenvalue weighted by Crippen LogP contribution is 2.22. The number of fused-ring (bicyclic) bond motifs is 1. The smallest absolute Gasteiger partial charge is 0.272 e. The summed E-state index contributed by atoms with van der Waals surface area (Å²) < 4.78 is 1.93. The number of H-pyrrole nitrogens is 1. The van der Waals surface area contributed by atoms with Gasteiger partial charge in [0.25, 0.3) is 11.8 Å². The van der Waals surface area contributed by atoms with Gasteiger partial charge in [-0.25, -0.2) is 0 Å². The summed E-state index contributed by atoms with van der Waals surface area (Å²) in [6.45, 7) is 4.52. The number of carbonyl (C=O) groups is 2. The molecule has 0 radical (unpaired) electrons. The fourth-order valence-electron chi connectivity index (χ4n) is 3.94. The molecule has 0 saturated carbocycles. The van der Waals surface area contributed by atoms with Gasteiger partial charge in [0.1, 0.15) is 5.69 Å². The summed E-state index contributed by atoms with van der Waals surface area (Å²) in [5, 5.41) is 19.3. The van der Waals surface area contributed by atoms with Gasteiger partial charge in [0.05, 0.1) is 6.61 Å². The van der Waals surface area contributed by atoms with Crippen molar-refractivity contribution in [3.63, 3.8) is 0 Å². The van der Waals surface area contributed by atoms with Crippen molar-refractivity contribution in [1.29, 1.82) is 0 Å². The first kappa shape index (κ1) is 26.2. The maximum atomic E-state index is 12.8. The van der Waals surface area contributed by atoms with E-state index in [1.54, 1.807) is 24.4 Å². The molecule has 8 heteroatoms. The fourth-order valence-corrected chi connectivity index (χ4v) is 3.94. The lowest BCUT2D eigenvalue weighted by Crippen LogP contribution is -2.12. The van der Waals surface area contributed by atoms with Gasteiger partial charge in [-0.2, -0.15) is 0 Å². The lowest BCUT2D eigenvalue weighted by molar-refractivity contribution is 0.101. The number of nitrogens with one attached hydrogen (secondary N) is 4. The van der Waals surface area contributed by atoms with Crippen molar-refractivity contribution in [3.05, 3.63) is 109 Å². The van der Waals surface area contributed by atoms with Crippen LogP contribution < -0.4 is 16.0 Å². The third-order valence-electron chi connectivity index (χ3n) is 5.79. The molecule has 0 fully saturated rings. The van der Waals surface area contributed by atoms with E-state index in [-0.39, 0.29) is 18.4 Å². The van der Waals surface area contributed by atoms with E-state index in [9.17, 15) is 14.7 Å². The number of nitrogens with zero attached hydrogens (tertiary/aromatic N) is 1. The zero-order chi connectivity index (χ0) is 26.9. The summed E-state index contributed by atoms with van der Waals surface area (Å²) >= 11 is 0. The number of hydrogen-bond donors (Lipinski definition) is 5. The Morgan fingerprint density at radius 1 is 0.789 bits per heavy atom. The molecule has 0 atom stereocenters. The second-order valence-electron chi connectivity index (χ2n) is 8.28. The van der Waals surface area contributed by atoms with E-state index in [0.29, 0.717) is 29.2 Å². The van der Waals surface area contributed by atoms with Crippen molar-refractivity contribution >= 4 is 45.5 Å². The van der Waals surface area contributed by atoms with Crippen molar-refractivity contribution in [3.8, 4) is 0 Å². The van der Waals surface area contributed by atoms with Gasteiger partial charge in [-0.3, -0.25) is 9.59 Å². The van der Waals surface area contributed by atoms with E-state index in [4.69, 9.17) is 0 Å². The summed E-state index contributed by atoms with van der Waals surface area (Å²) in [4.78, 5) is 27.8. The molecule has 5 N–H and O–H groups in total. The van der Waals surface area contributed by atoms with Crippen molar-refractivity contribution in [2.45, 2.75) is 20.4 Å². The van der Waals surface area contributed by atoms with Crippen LogP contribution in [0.2, 0.25) is 0 Å². The molecule has 194 valence electrons. The molecule has 2 aromatic heterocycles. The Morgan fingerprint density at radius 3 is 1.97 bits per heavy atom. The molecule has 38 heavy (non-hydrogen) atoms. The Bertz CT molecular complexity index is 1490. The Balaban J connectivity index is 0.00000164. The number of rotatable bonds is 8. The van der Waals surface area contributed by atoms with Crippen LogP contribution in [0, 0.1) is 0 Å². The molecule has 0 spiro atoms. The molecular weight excluding hydrogens is 478 g/mol. The molecule has 5 aromatic rings. The first-order valence-electron chi connectivity index (χ1n) is 12.5. The van der Waals surface area contributed by atoms with E-state index in [2.05, 4.69) is 20.9 Å². The van der Waals surface area contributed by atoms with Crippen LogP contribution in [0.25, 0.3) is 10.9 Å². The third kappa shape index (κ3) is 6.29. The van der Waals surface area contributed by atoms with Gasteiger partial charge in [-0.15, -0.1) is 0 Å². The molecule has 2 heterocycles. The van der Waals surface area contributed by atoms with Gasteiger partial charge in [-0.05, 0) is 84.2 Å². The second-order valence-corrected chi connectivity index (χ2v) is 8.28. The number of benzene rings is 3. The van der Waals surface area contributed by atoms with E-state index < -0.39 is 0 Å². The SMILES string of the molecule is CC.O=C(Nc1ccc(Nc2ccc(NC(=O)c3ccc[nH]3)cc2)cc1)c1ccc2ccn(CCO)c2c1. The number of amides is 2. The second kappa shape index (κ2) is 12.4. The Kier molecular flexibility index (Phi) is 8.58. The van der Waals surface area contributed by atoms with Gasteiger partial charge in [-0.1, -0.05) is 19.9 Å². The van der Waals surface area contributed by atoms with E-state index in [1.807, 2.05) is 91.3 Å². The Labute approximate surface area is 221 Å². The normalized spacial score (nSPS) is 10.4. The minimum absolute atomic E-state index is 0.0371. The molecule has 0 aliphatic heterocycles. The minimum atomic E-state index is -0.202. The monoisotopic (exact) mass is 509 g/mol. The molecule has 0 saturated heterocycles. The summed E-state index contributed by atoms with van der Waals surface area (Å²) in [6.07, 6.45) is 3.61. The minimum Gasteiger partial charge on any atom is -0.395 e. The van der Waals surface area contributed by atoms with Crippen molar-refractivity contribution in [2.24, 2.45) is 0 Å². The van der Waals surface area contributed by atoms with Crippen LogP contribution in [0.3, 0.4) is 0 Å². The number of carbonyl (C=O) groups excluding carboxylic acids is 2. The fraction of sp³-hybridized carbons (Fsp3) is 0.133. The Morgan fingerprint density at radius 2 is 1.39 bits per heavy atom. The number of aromatic amines is 1. The number of anilines is 4. The van der Waals surface area contributed by atoms with Crippen LogP contribution in [-0.4, -0.2) is 33.1 Å². The molecule has 3 aromatic carbocycles. The standard InChI is InChI=1S/C28H25N5O3.C2H6/c34-17-16-33-15-13-19-3-4-20(18-26(19)33)27(35)31-23-9-5-21(6-10-23)30-22-7-11-24(12-8-22)32-28(36)25-2-1-14-29-25;1-2/h1-15,18,29-30,34H,16-17H2,(H,31,35)(H,32,36);1-2H3. The maximum Gasteiger partial charge on any atom is 0.272 e. The Hall–Kier alpha value is -4.82. The largest absolute Gasteiger partial charge is 0.395 e. The van der Waals surface area contributed by atoms with Gasteiger partial charge in [0, 0.05) is 52.8 Å². The maximum absolute atomic E-state index is 12.8. The lowest BCUT2D eigenvalue weighted by Gasteiger charge is -2.10. The van der Waals surface area contributed by atoms with Gasteiger partial charge >= 0.3 is 0 Å². The highest BCUT2D eigenvalue weighted by atomic mass is 16.3. The average molecular weight is 510 g/mol. The van der Waals surface area contributed by atoms with E-state index in [0.717, 1.165) is 22.3 Å². The molecule has 0 bridgehead atoms. The van der Waals surface area contributed by atoms with Crippen molar-refractivity contribution in [2.75, 3.05) is 22.6 Å². The van der Waals surface area contributed by atoms with Crippen molar-refractivity contribution in [1.82, 2.24) is 9.55 Å². The van der Waals surface area contributed by atoms with Gasteiger partial charge < -0.3 is 30.6 Å². The topological polar surface area (TPSA) is 111 Å². The highest BCUT2D eigenvalue weighted by molar-refractivity contribution is 6.06. The van der Waals surface area contributed by atoms with Crippen LogP contribution >= 0.6 is 0 Å². The molecular formula is C30H31N5O3. The lowest BCUT2D eigenvalue weighted by atomic mass is 10.1. The predicted octanol–water partition coefficient (Wildman–Crippen LogP) is 6.24. The number of aliphatic hydroxyl groups excluding tert-OH is 1. The van der Waals surface area contributed by atoms with E-state index >= 15 is 0 Å². The quantitative estimate of drug-likeness (QED) is 0.171. The number of aromatic nitrogens is 2. The average Bonchev–Trinajstić information content (AvgIpc) is 3.63. The number of aliphatic hydroxyl groups is 1. The summed E-state index contributed by atoms with van der Waals surface area (Å²) in [7, 11) is 0. The molecule has 0 aliphatic rings. The van der Waals surface area contributed by atoms with Crippen LogP contribution in [-0.2, 0) is 6.54 Å². The molecule has 0 unspecified atom stereocenters. The predicted molar refractivity (Wildman–Crippen MR) is 153 cm³/mol. The highest BCUT2D eigenvalue weighted by Gasteiger charge is 2.10. The summed E-state index contributed by atoms with van der Waals surface area (Å²) in [6, 6.07) is 25.8. The summed E-state index contributed by atoms with van der Waals surface area (Å²) in [5.41, 5.74) is 5.06. The molecule has 0 aliphatic carbocycles. The van der Waals surface area contributed by atoms with Crippen molar-refractivity contribution < 1.29 is 14.7 Å². The first-order valence-corrected chi connectivity index (χ1v) is 12.5. The van der Waals surface area contributed by atoms with Crippen LogP contribution in [0.1, 0.15) is 34.7 Å². The van der Waals surface area contributed by atoms with Crippen LogP contribution in [0.4, 0.5) is 22.7 Å². The number of hydrogen-bond acceptors (Lipinski definition) is 4. The molecule has 8 nitrogen and oxygen atoms in total. The zero-order valence-electron chi connectivity index (χ0n) is 21.4. The van der Waals surface area contributed by atoms with Crippen LogP contribution in [0.15, 0.2) is 97.3 Å². The van der Waals surface area contributed by atoms with E-state index in [1.165, 1.54) is 0 Å². The first-order chi connectivity index (χ1) is 18.6. The van der Waals surface area contributed by atoms with Crippen LogP contribution in [0.5, 0.6) is 0 Å². The van der Waals surface area contributed by atoms with Gasteiger partial charge in [0.15, 0.2) is 0 Å². The molecule has 5 rings (SSSR count). The van der Waals surface area contributed by atoms with Gasteiger partial charge in [0.2, 0.25) is 0 Å². The zero-order valence-corrected chi connectivity index (χ0v) is 21.4. The third-order valence-corrected chi connectivity index (χ3v) is 5.79.